The molecule has 0 saturated heterocycles. The van der Waals surface area contributed by atoms with E-state index in [4.69, 9.17) is 4.52 Å². The van der Waals surface area contributed by atoms with Gasteiger partial charge in [-0.3, -0.25) is 14.7 Å². The van der Waals surface area contributed by atoms with E-state index in [2.05, 4.69) is 32.5 Å². The maximum absolute atomic E-state index is 12.4. The van der Waals surface area contributed by atoms with Crippen LogP contribution in [0, 0.1) is 0 Å². The fourth-order valence-electron chi connectivity index (χ4n) is 2.76. The fourth-order valence-corrected chi connectivity index (χ4v) is 2.76. The second kappa shape index (κ2) is 9.07. The topological polar surface area (TPSA) is 91.5 Å². The minimum Gasteiger partial charge on any atom is -0.394 e. The van der Waals surface area contributed by atoms with Gasteiger partial charge in [-0.2, -0.15) is 0 Å². The van der Waals surface area contributed by atoms with Gasteiger partial charge >= 0.3 is 0 Å². The van der Waals surface area contributed by atoms with E-state index in [0.717, 1.165) is 12.1 Å². The van der Waals surface area contributed by atoms with Gasteiger partial charge in [0.15, 0.2) is 11.5 Å². The molecule has 7 heteroatoms. The Hall–Kier alpha value is -3.03. The molecule has 7 nitrogen and oxygen atoms in total. The summed E-state index contributed by atoms with van der Waals surface area (Å²) in [4.78, 5) is 18.5. The first-order valence-electron chi connectivity index (χ1n) is 8.65. The number of aliphatic hydroxyl groups excluding tert-OH is 1. The summed E-state index contributed by atoms with van der Waals surface area (Å²) in [6, 6.07) is 14.7. The SMILES string of the molecule is CN(Cc1ccccc1)Cc1cc(C(=O)NC(CO)c2cccnc2)no1. The van der Waals surface area contributed by atoms with Crippen molar-refractivity contribution in [3.63, 3.8) is 0 Å². The van der Waals surface area contributed by atoms with E-state index in [1.54, 1.807) is 30.6 Å². The lowest BCUT2D eigenvalue weighted by atomic mass is 10.1. The molecule has 0 aliphatic heterocycles. The standard InChI is InChI=1S/C20H22N4O3/c1-24(12-15-6-3-2-4-7-15)13-17-10-18(23-27-17)20(26)22-19(14-25)16-8-5-9-21-11-16/h2-11,19,25H,12-14H2,1H3,(H,22,26). The number of benzene rings is 1. The molecule has 1 atom stereocenters. The van der Waals surface area contributed by atoms with E-state index >= 15 is 0 Å². The van der Waals surface area contributed by atoms with Gasteiger partial charge in [0.2, 0.25) is 0 Å². The van der Waals surface area contributed by atoms with Crippen molar-refractivity contribution >= 4 is 5.91 Å². The normalized spacial score (nSPS) is 12.1. The number of rotatable bonds is 8. The molecule has 3 rings (SSSR count). The highest BCUT2D eigenvalue weighted by Crippen LogP contribution is 2.13. The molecule has 1 unspecified atom stereocenters. The van der Waals surface area contributed by atoms with E-state index in [1.807, 2.05) is 25.2 Å². The molecule has 0 saturated carbocycles. The zero-order valence-electron chi connectivity index (χ0n) is 15.1. The minimum atomic E-state index is -0.549. The Kier molecular flexibility index (Phi) is 6.30. The van der Waals surface area contributed by atoms with Gasteiger partial charge in [-0.05, 0) is 24.2 Å². The number of amides is 1. The molecule has 140 valence electrons. The van der Waals surface area contributed by atoms with Crippen LogP contribution in [-0.4, -0.2) is 39.7 Å². The summed E-state index contributed by atoms with van der Waals surface area (Å²) in [6.45, 7) is 1.06. The second-order valence-electron chi connectivity index (χ2n) is 6.33. The molecule has 1 amide bonds. The molecule has 2 aromatic heterocycles. The number of hydrogen-bond donors (Lipinski definition) is 2. The average Bonchev–Trinajstić information content (AvgIpc) is 3.16. The molecule has 2 N–H and O–H groups in total. The van der Waals surface area contributed by atoms with E-state index in [1.165, 1.54) is 5.56 Å². The molecule has 2 heterocycles. The first-order valence-corrected chi connectivity index (χ1v) is 8.65. The zero-order chi connectivity index (χ0) is 19.1. The predicted molar refractivity (Wildman–Crippen MR) is 99.6 cm³/mol. The van der Waals surface area contributed by atoms with Crippen LogP contribution < -0.4 is 5.32 Å². The average molecular weight is 366 g/mol. The number of aliphatic hydroxyl groups is 1. The Bertz CT molecular complexity index is 852. The molecule has 0 bridgehead atoms. The van der Waals surface area contributed by atoms with E-state index in [-0.39, 0.29) is 12.3 Å². The third kappa shape index (κ3) is 5.22. The van der Waals surface area contributed by atoms with Gasteiger partial charge in [0.05, 0.1) is 19.2 Å². The van der Waals surface area contributed by atoms with Crippen LogP contribution >= 0.6 is 0 Å². The van der Waals surface area contributed by atoms with Gasteiger partial charge < -0.3 is 14.9 Å². The lowest BCUT2D eigenvalue weighted by Gasteiger charge is -2.15. The Morgan fingerprint density at radius 3 is 2.74 bits per heavy atom. The zero-order valence-corrected chi connectivity index (χ0v) is 15.1. The summed E-state index contributed by atoms with van der Waals surface area (Å²) in [5, 5.41) is 16.1. The number of carbonyl (C=O) groups is 1. The highest BCUT2D eigenvalue weighted by molar-refractivity contribution is 5.92. The fraction of sp³-hybridized carbons (Fsp3) is 0.250. The number of nitrogens with one attached hydrogen (secondary N) is 1. The van der Waals surface area contributed by atoms with Gasteiger partial charge in [0.25, 0.3) is 5.91 Å². The van der Waals surface area contributed by atoms with Gasteiger partial charge in [-0.1, -0.05) is 41.6 Å². The van der Waals surface area contributed by atoms with Crippen LogP contribution in [0.2, 0.25) is 0 Å². The molecule has 3 aromatic rings. The number of pyridine rings is 1. The van der Waals surface area contributed by atoms with E-state index in [9.17, 15) is 9.90 Å². The van der Waals surface area contributed by atoms with E-state index in [0.29, 0.717) is 12.3 Å². The van der Waals surface area contributed by atoms with Crippen molar-refractivity contribution in [2.45, 2.75) is 19.1 Å². The van der Waals surface area contributed by atoms with Crippen molar-refractivity contribution in [2.75, 3.05) is 13.7 Å². The second-order valence-corrected chi connectivity index (χ2v) is 6.33. The number of nitrogens with zero attached hydrogens (tertiary/aromatic N) is 3. The molecule has 27 heavy (non-hydrogen) atoms. The van der Waals surface area contributed by atoms with Crippen molar-refractivity contribution in [1.82, 2.24) is 20.4 Å². The molecule has 0 aliphatic carbocycles. The lowest BCUT2D eigenvalue weighted by Crippen LogP contribution is -2.31. The summed E-state index contributed by atoms with van der Waals surface area (Å²) >= 11 is 0. The molecule has 0 radical (unpaired) electrons. The van der Waals surface area contributed by atoms with Crippen molar-refractivity contribution in [3.8, 4) is 0 Å². The number of carbonyl (C=O) groups excluding carboxylic acids is 1. The molecular weight excluding hydrogens is 344 g/mol. The third-order valence-electron chi connectivity index (χ3n) is 4.09. The van der Waals surface area contributed by atoms with Gasteiger partial charge in [-0.15, -0.1) is 0 Å². The van der Waals surface area contributed by atoms with Crippen molar-refractivity contribution in [1.29, 1.82) is 0 Å². The van der Waals surface area contributed by atoms with Crippen LogP contribution in [0.15, 0.2) is 65.4 Å². The third-order valence-corrected chi connectivity index (χ3v) is 4.09. The molecule has 0 spiro atoms. The summed E-state index contributed by atoms with van der Waals surface area (Å²) in [5.74, 6) is 0.194. The van der Waals surface area contributed by atoms with Gasteiger partial charge in [0, 0.05) is 25.0 Å². The molecular formula is C20H22N4O3. The Morgan fingerprint density at radius 1 is 1.22 bits per heavy atom. The smallest absolute Gasteiger partial charge is 0.274 e. The highest BCUT2D eigenvalue weighted by atomic mass is 16.5. The Labute approximate surface area is 157 Å². The first-order chi connectivity index (χ1) is 13.2. The summed E-state index contributed by atoms with van der Waals surface area (Å²) in [5.41, 5.74) is 2.10. The van der Waals surface area contributed by atoms with E-state index < -0.39 is 11.9 Å². The molecule has 0 fully saturated rings. The van der Waals surface area contributed by atoms with Crippen LogP contribution in [0.3, 0.4) is 0 Å². The van der Waals surface area contributed by atoms with Crippen LogP contribution in [0.1, 0.15) is 33.4 Å². The summed E-state index contributed by atoms with van der Waals surface area (Å²) < 4.78 is 5.29. The largest absolute Gasteiger partial charge is 0.394 e. The van der Waals surface area contributed by atoms with Crippen molar-refractivity contribution in [3.05, 3.63) is 83.5 Å². The number of hydrogen-bond acceptors (Lipinski definition) is 6. The van der Waals surface area contributed by atoms with Gasteiger partial charge in [0.1, 0.15) is 0 Å². The molecule has 0 aliphatic rings. The van der Waals surface area contributed by atoms with Crippen LogP contribution in [0.4, 0.5) is 0 Å². The maximum atomic E-state index is 12.4. The molecule has 1 aromatic carbocycles. The van der Waals surface area contributed by atoms with Crippen LogP contribution in [0.25, 0.3) is 0 Å². The lowest BCUT2D eigenvalue weighted by molar-refractivity contribution is 0.0906. The Morgan fingerprint density at radius 2 is 2.04 bits per heavy atom. The monoisotopic (exact) mass is 366 g/mol. The van der Waals surface area contributed by atoms with Crippen molar-refractivity contribution in [2.24, 2.45) is 0 Å². The summed E-state index contributed by atoms with van der Waals surface area (Å²) in [7, 11) is 1.97. The minimum absolute atomic E-state index is 0.181. The summed E-state index contributed by atoms with van der Waals surface area (Å²) in [6.07, 6.45) is 3.24. The predicted octanol–water partition coefficient (Wildman–Crippen LogP) is 2.17. The van der Waals surface area contributed by atoms with Crippen LogP contribution in [-0.2, 0) is 13.1 Å². The van der Waals surface area contributed by atoms with Gasteiger partial charge in [-0.25, -0.2) is 0 Å². The Balaban J connectivity index is 1.58. The maximum Gasteiger partial charge on any atom is 0.274 e. The number of aromatic nitrogens is 2. The van der Waals surface area contributed by atoms with Crippen molar-refractivity contribution < 1.29 is 14.4 Å². The quantitative estimate of drug-likeness (QED) is 0.635. The van der Waals surface area contributed by atoms with Crippen LogP contribution in [0.5, 0.6) is 0 Å². The highest BCUT2D eigenvalue weighted by Gasteiger charge is 2.19. The first kappa shape index (κ1) is 18.8.